The number of rotatable bonds is 7. The Morgan fingerprint density at radius 2 is 2.13 bits per heavy atom. The van der Waals surface area contributed by atoms with Crippen molar-refractivity contribution < 1.29 is 9.13 Å². The number of morpholine rings is 1. The molecule has 3 rings (SSSR count). The van der Waals surface area contributed by atoms with Gasteiger partial charge in [-0.3, -0.25) is 0 Å². The molecule has 1 aromatic heterocycles. The minimum absolute atomic E-state index is 0. The van der Waals surface area contributed by atoms with E-state index in [1.807, 2.05) is 26.1 Å². The Kier molecular flexibility index (Phi) is 10.5. The number of aliphatic imine (C=N–C) groups is 1. The van der Waals surface area contributed by atoms with E-state index in [-0.39, 0.29) is 35.9 Å². The minimum atomic E-state index is -0.193. The highest BCUT2D eigenvalue weighted by Crippen LogP contribution is 2.16. The molecule has 8 heteroatoms. The molecular formula is C23H33FIN5O. The number of aryl methyl sites for hydroxylation is 1. The Morgan fingerprint density at radius 3 is 2.81 bits per heavy atom. The number of guanidine groups is 1. The van der Waals surface area contributed by atoms with Crippen LogP contribution in [-0.2, 0) is 17.7 Å². The summed E-state index contributed by atoms with van der Waals surface area (Å²) in [6, 6.07) is 9.07. The molecule has 1 atom stereocenters. The summed E-state index contributed by atoms with van der Waals surface area (Å²) in [7, 11) is 0. The molecule has 0 radical (unpaired) electrons. The molecule has 1 aliphatic rings. The molecule has 0 spiro atoms. The number of nitrogens with one attached hydrogen (secondary N) is 2. The van der Waals surface area contributed by atoms with Crippen LogP contribution in [-0.4, -0.2) is 49.8 Å². The van der Waals surface area contributed by atoms with E-state index in [9.17, 15) is 4.39 Å². The van der Waals surface area contributed by atoms with Crippen LogP contribution >= 0.6 is 24.0 Å². The van der Waals surface area contributed by atoms with Crippen molar-refractivity contribution in [1.29, 1.82) is 0 Å². The summed E-state index contributed by atoms with van der Waals surface area (Å²) in [5, 5.41) is 6.62. The van der Waals surface area contributed by atoms with Gasteiger partial charge in [0.1, 0.15) is 11.6 Å². The zero-order valence-corrected chi connectivity index (χ0v) is 20.9. The van der Waals surface area contributed by atoms with Gasteiger partial charge in [-0.1, -0.05) is 12.1 Å². The summed E-state index contributed by atoms with van der Waals surface area (Å²) in [4.78, 5) is 11.5. The van der Waals surface area contributed by atoms with E-state index in [1.54, 1.807) is 6.07 Å². The fourth-order valence-corrected chi connectivity index (χ4v) is 3.49. The van der Waals surface area contributed by atoms with Crippen molar-refractivity contribution in [2.45, 2.75) is 39.8 Å². The van der Waals surface area contributed by atoms with Gasteiger partial charge < -0.3 is 20.3 Å². The second-order valence-corrected chi connectivity index (χ2v) is 7.59. The number of hydrogen-bond acceptors (Lipinski definition) is 4. The SMILES string of the molecule is CCNC(=NCc1ccc(N2CCOC(C)C2)nc1)NCCc1ccc(F)cc1C.I. The van der Waals surface area contributed by atoms with Crippen LogP contribution in [0.25, 0.3) is 0 Å². The van der Waals surface area contributed by atoms with Crippen molar-refractivity contribution in [1.82, 2.24) is 15.6 Å². The molecular weight excluding hydrogens is 508 g/mol. The first kappa shape index (κ1) is 25.3. The summed E-state index contributed by atoms with van der Waals surface area (Å²) >= 11 is 0. The van der Waals surface area contributed by atoms with Gasteiger partial charge in [-0.25, -0.2) is 14.4 Å². The lowest BCUT2D eigenvalue weighted by molar-refractivity contribution is 0.0529. The third-order valence-corrected chi connectivity index (χ3v) is 5.13. The predicted octanol–water partition coefficient (Wildman–Crippen LogP) is 3.67. The van der Waals surface area contributed by atoms with Crippen LogP contribution in [0.1, 0.15) is 30.5 Å². The van der Waals surface area contributed by atoms with Crippen LogP contribution in [0.15, 0.2) is 41.5 Å². The van der Waals surface area contributed by atoms with Crippen LogP contribution in [0.2, 0.25) is 0 Å². The van der Waals surface area contributed by atoms with E-state index in [2.05, 4.69) is 44.6 Å². The standard InChI is InChI=1S/C23H32FN5O.HI/c1-4-25-23(26-10-9-20-6-7-21(24)13-17(20)2)28-15-19-5-8-22(27-14-19)29-11-12-30-18(3)16-29;/h5-8,13-14,18H,4,9-12,15-16H2,1-3H3,(H2,25,26,28);1H. The van der Waals surface area contributed by atoms with Crippen LogP contribution < -0.4 is 15.5 Å². The number of benzene rings is 1. The number of anilines is 1. The molecule has 1 aromatic carbocycles. The molecule has 0 aliphatic carbocycles. The summed E-state index contributed by atoms with van der Waals surface area (Å²) in [6.07, 6.45) is 2.94. The second-order valence-electron chi connectivity index (χ2n) is 7.59. The molecule has 1 aliphatic heterocycles. The van der Waals surface area contributed by atoms with Gasteiger partial charge in [-0.15, -0.1) is 24.0 Å². The molecule has 31 heavy (non-hydrogen) atoms. The van der Waals surface area contributed by atoms with Crippen LogP contribution in [0.4, 0.5) is 10.2 Å². The fourth-order valence-electron chi connectivity index (χ4n) is 3.49. The van der Waals surface area contributed by atoms with Gasteiger partial charge >= 0.3 is 0 Å². The molecule has 1 unspecified atom stereocenters. The lowest BCUT2D eigenvalue weighted by Gasteiger charge is -2.32. The number of aromatic nitrogens is 1. The van der Waals surface area contributed by atoms with E-state index in [4.69, 9.17) is 4.74 Å². The Labute approximate surface area is 201 Å². The fraction of sp³-hybridized carbons (Fsp3) is 0.478. The molecule has 6 nitrogen and oxygen atoms in total. The molecule has 2 heterocycles. The number of nitrogens with zero attached hydrogens (tertiary/aromatic N) is 3. The normalized spacial score (nSPS) is 16.6. The molecule has 1 fully saturated rings. The zero-order valence-electron chi connectivity index (χ0n) is 18.5. The maximum Gasteiger partial charge on any atom is 0.191 e. The molecule has 0 saturated carbocycles. The molecule has 1 saturated heterocycles. The second kappa shape index (κ2) is 12.8. The Balaban J connectivity index is 0.00000341. The Bertz CT molecular complexity index is 846. The van der Waals surface area contributed by atoms with Crippen molar-refractivity contribution in [2.24, 2.45) is 4.99 Å². The maximum absolute atomic E-state index is 13.2. The Hall–Kier alpha value is -1.94. The van der Waals surface area contributed by atoms with E-state index < -0.39 is 0 Å². The summed E-state index contributed by atoms with van der Waals surface area (Å²) in [6.45, 7) is 10.6. The maximum atomic E-state index is 13.2. The van der Waals surface area contributed by atoms with Gasteiger partial charge in [0.05, 0.1) is 19.3 Å². The summed E-state index contributed by atoms with van der Waals surface area (Å²) in [5.41, 5.74) is 3.17. The third-order valence-electron chi connectivity index (χ3n) is 5.13. The van der Waals surface area contributed by atoms with Gasteiger partial charge in [0.15, 0.2) is 5.96 Å². The molecule has 2 aromatic rings. The van der Waals surface area contributed by atoms with Crippen molar-refractivity contribution in [3.63, 3.8) is 0 Å². The molecule has 2 N–H and O–H groups in total. The lowest BCUT2D eigenvalue weighted by atomic mass is 10.1. The number of pyridine rings is 1. The zero-order chi connectivity index (χ0) is 21.3. The first-order valence-electron chi connectivity index (χ1n) is 10.6. The highest BCUT2D eigenvalue weighted by atomic mass is 127. The number of hydrogen-bond donors (Lipinski definition) is 2. The van der Waals surface area contributed by atoms with E-state index in [0.29, 0.717) is 6.54 Å². The third kappa shape index (κ3) is 7.92. The van der Waals surface area contributed by atoms with Crippen LogP contribution in [0, 0.1) is 12.7 Å². The average molecular weight is 541 g/mol. The first-order valence-corrected chi connectivity index (χ1v) is 10.6. The number of ether oxygens (including phenoxy) is 1. The van der Waals surface area contributed by atoms with E-state index in [0.717, 1.165) is 67.7 Å². The Morgan fingerprint density at radius 1 is 1.29 bits per heavy atom. The highest BCUT2D eigenvalue weighted by Gasteiger charge is 2.17. The molecule has 0 amide bonds. The van der Waals surface area contributed by atoms with Crippen LogP contribution in [0.3, 0.4) is 0 Å². The molecule has 170 valence electrons. The van der Waals surface area contributed by atoms with Gasteiger partial charge in [0.2, 0.25) is 0 Å². The van der Waals surface area contributed by atoms with Crippen molar-refractivity contribution in [2.75, 3.05) is 37.7 Å². The van der Waals surface area contributed by atoms with Crippen LogP contribution in [0.5, 0.6) is 0 Å². The highest BCUT2D eigenvalue weighted by molar-refractivity contribution is 14.0. The molecule has 0 bridgehead atoms. The van der Waals surface area contributed by atoms with Gasteiger partial charge in [-0.2, -0.15) is 0 Å². The van der Waals surface area contributed by atoms with Crippen molar-refractivity contribution >= 4 is 35.8 Å². The first-order chi connectivity index (χ1) is 14.5. The van der Waals surface area contributed by atoms with Crippen molar-refractivity contribution in [3.05, 3.63) is 59.0 Å². The minimum Gasteiger partial charge on any atom is -0.375 e. The van der Waals surface area contributed by atoms with Gasteiger partial charge in [0, 0.05) is 32.4 Å². The van der Waals surface area contributed by atoms with E-state index >= 15 is 0 Å². The average Bonchev–Trinajstić information content (AvgIpc) is 2.74. The number of halogens is 2. The summed E-state index contributed by atoms with van der Waals surface area (Å²) < 4.78 is 18.8. The van der Waals surface area contributed by atoms with Gasteiger partial charge in [-0.05, 0) is 62.1 Å². The van der Waals surface area contributed by atoms with E-state index in [1.165, 1.54) is 6.07 Å². The van der Waals surface area contributed by atoms with Gasteiger partial charge in [0.25, 0.3) is 0 Å². The topological polar surface area (TPSA) is 61.8 Å². The largest absolute Gasteiger partial charge is 0.375 e. The predicted molar refractivity (Wildman–Crippen MR) is 135 cm³/mol. The van der Waals surface area contributed by atoms with Crippen molar-refractivity contribution in [3.8, 4) is 0 Å². The summed E-state index contributed by atoms with van der Waals surface area (Å²) in [5.74, 6) is 1.56. The quantitative estimate of drug-likeness (QED) is 0.319. The smallest absolute Gasteiger partial charge is 0.191 e. The lowest BCUT2D eigenvalue weighted by Crippen LogP contribution is -2.41. The monoisotopic (exact) mass is 541 g/mol.